The maximum Gasteiger partial charge on any atom is 0.387 e. The monoisotopic (exact) mass is 409 g/mol. The minimum absolute atomic E-state index is 0.0327. The fraction of sp³-hybridized carbons (Fsp3) is 0.167. The molecule has 1 aromatic carbocycles. The summed E-state index contributed by atoms with van der Waals surface area (Å²) in [6, 6.07) is 7.12. The average molecular weight is 409 g/mol. The van der Waals surface area contributed by atoms with E-state index in [2.05, 4.69) is 9.72 Å². The Morgan fingerprint density at radius 2 is 1.89 bits per heavy atom. The Morgan fingerprint density at radius 1 is 1.11 bits per heavy atom. The van der Waals surface area contributed by atoms with Crippen LogP contribution in [0, 0.1) is 0 Å². The lowest BCUT2D eigenvalue weighted by molar-refractivity contribution is -0.141. The molecule has 0 saturated heterocycles. The molecule has 0 radical (unpaired) electrons. The van der Waals surface area contributed by atoms with Crippen molar-refractivity contribution in [3.05, 3.63) is 57.7 Å². The van der Waals surface area contributed by atoms with Crippen LogP contribution >= 0.6 is 22.7 Å². The van der Waals surface area contributed by atoms with Gasteiger partial charge in [-0.2, -0.15) is 20.1 Å². The van der Waals surface area contributed by atoms with Crippen molar-refractivity contribution in [1.29, 1.82) is 0 Å². The number of thiophene rings is 1. The SMILES string of the molecule is O=C(Cc1csc(-c2ccsc2)n1)OCC(=O)c1ccc(OC(F)F)cc1. The number of rotatable bonds is 8. The summed E-state index contributed by atoms with van der Waals surface area (Å²) in [5.74, 6) is -1.06. The van der Waals surface area contributed by atoms with E-state index in [9.17, 15) is 18.4 Å². The molecule has 0 fully saturated rings. The second kappa shape index (κ2) is 8.83. The molecule has 5 nitrogen and oxygen atoms in total. The predicted octanol–water partition coefficient (Wildman–Crippen LogP) is 4.44. The molecule has 0 aliphatic carbocycles. The van der Waals surface area contributed by atoms with Crippen LogP contribution in [0.1, 0.15) is 16.1 Å². The summed E-state index contributed by atoms with van der Waals surface area (Å²) in [5, 5.41) is 6.51. The zero-order valence-corrected chi connectivity index (χ0v) is 15.4. The van der Waals surface area contributed by atoms with Crippen LogP contribution in [0.3, 0.4) is 0 Å². The van der Waals surface area contributed by atoms with Gasteiger partial charge in [0.1, 0.15) is 10.8 Å². The Morgan fingerprint density at radius 3 is 2.56 bits per heavy atom. The van der Waals surface area contributed by atoms with Crippen molar-refractivity contribution in [1.82, 2.24) is 4.98 Å². The molecule has 0 saturated carbocycles. The molecule has 3 aromatic rings. The molecule has 0 amide bonds. The van der Waals surface area contributed by atoms with Crippen LogP contribution in [-0.4, -0.2) is 30.0 Å². The van der Waals surface area contributed by atoms with Crippen LogP contribution < -0.4 is 4.74 Å². The maximum atomic E-state index is 12.1. The van der Waals surface area contributed by atoms with Gasteiger partial charge in [0.05, 0.1) is 12.1 Å². The Bertz CT molecular complexity index is 908. The van der Waals surface area contributed by atoms with E-state index in [0.717, 1.165) is 10.6 Å². The second-order valence-electron chi connectivity index (χ2n) is 5.32. The lowest BCUT2D eigenvalue weighted by Crippen LogP contribution is -2.15. The van der Waals surface area contributed by atoms with Gasteiger partial charge in [0, 0.05) is 21.9 Å². The van der Waals surface area contributed by atoms with E-state index >= 15 is 0 Å². The third-order valence-corrected chi connectivity index (χ3v) is 5.03. The summed E-state index contributed by atoms with van der Waals surface area (Å²) < 4.78 is 33.4. The van der Waals surface area contributed by atoms with Gasteiger partial charge >= 0.3 is 12.6 Å². The first-order valence-corrected chi connectivity index (χ1v) is 9.54. The fourth-order valence-corrected chi connectivity index (χ4v) is 3.69. The highest BCUT2D eigenvalue weighted by molar-refractivity contribution is 7.14. The maximum absolute atomic E-state index is 12.1. The van der Waals surface area contributed by atoms with Crippen LogP contribution in [0.5, 0.6) is 5.75 Å². The molecule has 0 aliphatic rings. The van der Waals surface area contributed by atoms with Crippen LogP contribution in [-0.2, 0) is 16.0 Å². The van der Waals surface area contributed by atoms with Crippen molar-refractivity contribution in [3.63, 3.8) is 0 Å². The van der Waals surface area contributed by atoms with Gasteiger partial charge in [-0.25, -0.2) is 4.98 Å². The number of halogens is 2. The highest BCUT2D eigenvalue weighted by Gasteiger charge is 2.14. The number of alkyl halides is 2. The van der Waals surface area contributed by atoms with Gasteiger partial charge in [-0.3, -0.25) is 9.59 Å². The minimum Gasteiger partial charge on any atom is -0.457 e. The predicted molar refractivity (Wildman–Crippen MR) is 97.5 cm³/mol. The van der Waals surface area contributed by atoms with E-state index in [1.165, 1.54) is 35.6 Å². The number of hydrogen-bond acceptors (Lipinski definition) is 7. The summed E-state index contributed by atoms with van der Waals surface area (Å²) in [7, 11) is 0. The normalized spacial score (nSPS) is 10.8. The van der Waals surface area contributed by atoms with E-state index < -0.39 is 25.0 Å². The van der Waals surface area contributed by atoms with Crippen molar-refractivity contribution in [3.8, 4) is 16.3 Å². The quantitative estimate of drug-likeness (QED) is 0.406. The fourth-order valence-electron chi connectivity index (χ4n) is 2.16. The Kier molecular flexibility index (Phi) is 6.25. The Balaban J connectivity index is 1.49. The minimum atomic E-state index is -2.93. The molecule has 2 aromatic heterocycles. The number of benzene rings is 1. The highest BCUT2D eigenvalue weighted by Crippen LogP contribution is 2.25. The Hall–Kier alpha value is -2.65. The van der Waals surface area contributed by atoms with Gasteiger partial charge < -0.3 is 9.47 Å². The summed E-state index contributed by atoms with van der Waals surface area (Å²) in [6.07, 6.45) is -0.0327. The number of esters is 1. The van der Waals surface area contributed by atoms with Gasteiger partial charge in [-0.15, -0.1) is 11.3 Å². The molecule has 0 N–H and O–H groups in total. The summed E-state index contributed by atoms with van der Waals surface area (Å²) >= 11 is 2.99. The molecule has 0 atom stereocenters. The van der Waals surface area contributed by atoms with Crippen molar-refractivity contribution in [2.75, 3.05) is 6.61 Å². The van der Waals surface area contributed by atoms with Gasteiger partial charge in [-0.1, -0.05) is 0 Å². The van der Waals surface area contributed by atoms with E-state index in [1.807, 2.05) is 16.8 Å². The second-order valence-corrected chi connectivity index (χ2v) is 6.96. The van der Waals surface area contributed by atoms with Crippen molar-refractivity contribution < 1.29 is 27.8 Å². The van der Waals surface area contributed by atoms with E-state index in [-0.39, 0.29) is 17.7 Å². The smallest absolute Gasteiger partial charge is 0.387 e. The molecule has 3 rings (SSSR count). The summed E-state index contributed by atoms with van der Waals surface area (Å²) in [4.78, 5) is 28.3. The van der Waals surface area contributed by atoms with Gasteiger partial charge in [0.2, 0.25) is 0 Å². The number of carbonyl (C=O) groups is 2. The lowest BCUT2D eigenvalue weighted by Gasteiger charge is -2.06. The molecule has 2 heterocycles. The van der Waals surface area contributed by atoms with Crippen molar-refractivity contribution in [2.24, 2.45) is 0 Å². The third-order valence-electron chi connectivity index (χ3n) is 3.41. The zero-order valence-electron chi connectivity index (χ0n) is 13.8. The topological polar surface area (TPSA) is 65.5 Å². The molecule has 0 spiro atoms. The van der Waals surface area contributed by atoms with E-state index in [4.69, 9.17) is 4.74 Å². The lowest BCUT2D eigenvalue weighted by atomic mass is 10.1. The summed E-state index contributed by atoms with van der Waals surface area (Å²) in [6.45, 7) is -3.37. The number of nitrogens with zero attached hydrogens (tertiary/aromatic N) is 1. The van der Waals surface area contributed by atoms with E-state index in [1.54, 1.807) is 16.7 Å². The average Bonchev–Trinajstić information content (AvgIpc) is 3.31. The molecular formula is C18H13F2NO4S2. The standard InChI is InChI=1S/C18H13F2NO4S2/c19-18(20)25-14-3-1-11(2-4-14)15(22)8-24-16(23)7-13-10-27-17(21-13)12-5-6-26-9-12/h1-6,9-10,18H,7-8H2. The number of aromatic nitrogens is 1. The first-order valence-electron chi connectivity index (χ1n) is 7.72. The molecular weight excluding hydrogens is 396 g/mol. The number of hydrogen-bond donors (Lipinski definition) is 0. The zero-order chi connectivity index (χ0) is 19.2. The molecule has 0 aliphatic heterocycles. The van der Waals surface area contributed by atoms with Crippen LogP contribution in [0.15, 0.2) is 46.5 Å². The molecule has 0 bridgehead atoms. The number of carbonyl (C=O) groups excluding carboxylic acids is 2. The van der Waals surface area contributed by atoms with Crippen LogP contribution in [0.2, 0.25) is 0 Å². The van der Waals surface area contributed by atoms with Crippen LogP contribution in [0.25, 0.3) is 10.6 Å². The van der Waals surface area contributed by atoms with Crippen LogP contribution in [0.4, 0.5) is 8.78 Å². The van der Waals surface area contributed by atoms with Gasteiger partial charge in [0.25, 0.3) is 0 Å². The molecule has 9 heteroatoms. The Labute approximate surface area is 161 Å². The third kappa shape index (κ3) is 5.41. The molecule has 140 valence electrons. The molecule has 27 heavy (non-hydrogen) atoms. The van der Waals surface area contributed by atoms with Crippen molar-refractivity contribution in [2.45, 2.75) is 13.0 Å². The molecule has 0 unspecified atom stereocenters. The first kappa shape index (κ1) is 19.1. The number of Topliss-reactive ketones (excluding diaryl/α,β-unsaturated/α-hetero) is 1. The number of thiazole rings is 1. The van der Waals surface area contributed by atoms with E-state index in [0.29, 0.717) is 5.69 Å². The first-order chi connectivity index (χ1) is 13.0. The number of ether oxygens (including phenoxy) is 2. The highest BCUT2D eigenvalue weighted by atomic mass is 32.1. The van der Waals surface area contributed by atoms with Gasteiger partial charge in [0.15, 0.2) is 12.4 Å². The van der Waals surface area contributed by atoms with Gasteiger partial charge in [-0.05, 0) is 35.7 Å². The van der Waals surface area contributed by atoms with Crippen molar-refractivity contribution >= 4 is 34.4 Å². The summed E-state index contributed by atoms with van der Waals surface area (Å²) in [5.41, 5.74) is 1.81. The largest absolute Gasteiger partial charge is 0.457 e. The number of ketones is 1.